The molecule has 0 fully saturated rings. The summed E-state index contributed by atoms with van der Waals surface area (Å²) in [6.45, 7) is 3.09. The van der Waals surface area contributed by atoms with Crippen LogP contribution in [-0.2, 0) is 12.4 Å². The number of nitrogens with zero attached hydrogens (tertiary/aromatic N) is 1. The summed E-state index contributed by atoms with van der Waals surface area (Å²) in [6.07, 6.45) is 0. The second-order valence-electron chi connectivity index (χ2n) is 4.19. The molecule has 0 atom stereocenters. The van der Waals surface area contributed by atoms with Crippen molar-refractivity contribution in [3.8, 4) is 0 Å². The predicted molar refractivity (Wildman–Crippen MR) is 77.2 cm³/mol. The second kappa shape index (κ2) is 5.56. The quantitative estimate of drug-likeness (QED) is 0.739. The van der Waals surface area contributed by atoms with Crippen LogP contribution in [-0.4, -0.2) is 7.05 Å². The van der Waals surface area contributed by atoms with E-state index in [4.69, 9.17) is 11.6 Å². The molecule has 0 radical (unpaired) electrons. The van der Waals surface area contributed by atoms with Gasteiger partial charge in [-0.3, -0.25) is 0 Å². The Labute approximate surface area is 112 Å². The van der Waals surface area contributed by atoms with Gasteiger partial charge in [-0.2, -0.15) is 0 Å². The molecule has 1 nitrogen and oxygen atoms in total. The molecule has 0 N–H and O–H groups in total. The Bertz CT molecular complexity index is 479. The monoisotopic (exact) mass is 265 g/mol. The molecule has 17 heavy (non-hydrogen) atoms. The van der Waals surface area contributed by atoms with Crippen LogP contribution in [0.25, 0.3) is 0 Å². The molecule has 0 bridgehead atoms. The van der Waals surface area contributed by atoms with Crippen LogP contribution in [0.15, 0.2) is 35.7 Å². The molecular formula is C14H16ClNS. The van der Waals surface area contributed by atoms with Gasteiger partial charge in [0.05, 0.1) is 6.54 Å². The maximum atomic E-state index is 5.83. The van der Waals surface area contributed by atoms with Gasteiger partial charge in [0, 0.05) is 23.5 Å². The van der Waals surface area contributed by atoms with Crippen molar-refractivity contribution < 1.29 is 0 Å². The molecule has 3 heteroatoms. The highest BCUT2D eigenvalue weighted by atomic mass is 35.5. The number of alkyl halides is 1. The van der Waals surface area contributed by atoms with E-state index in [0.717, 1.165) is 6.54 Å². The van der Waals surface area contributed by atoms with Crippen molar-refractivity contribution >= 4 is 28.6 Å². The zero-order chi connectivity index (χ0) is 12.3. The fraction of sp³-hybridized carbons (Fsp3) is 0.286. The molecule has 0 saturated carbocycles. The molecule has 2 aromatic rings. The van der Waals surface area contributed by atoms with E-state index >= 15 is 0 Å². The first-order valence-corrected chi connectivity index (χ1v) is 7.01. The standard InChI is InChI=1S/C14H16ClNS/c1-11-8-12(9-15)5-6-14(11)16(2)10-13-4-3-7-17-13/h3-8H,9-10H2,1-2H3. The number of hydrogen-bond donors (Lipinski definition) is 0. The summed E-state index contributed by atoms with van der Waals surface area (Å²) in [6, 6.07) is 10.7. The number of rotatable bonds is 4. The average molecular weight is 266 g/mol. The van der Waals surface area contributed by atoms with Crippen LogP contribution >= 0.6 is 22.9 Å². The molecule has 0 spiro atoms. The summed E-state index contributed by atoms with van der Waals surface area (Å²) in [5.41, 5.74) is 3.73. The Kier molecular flexibility index (Phi) is 4.08. The lowest BCUT2D eigenvalue weighted by molar-refractivity contribution is 0.933. The largest absolute Gasteiger partial charge is 0.369 e. The van der Waals surface area contributed by atoms with E-state index < -0.39 is 0 Å². The van der Waals surface area contributed by atoms with Crippen LogP contribution in [0.5, 0.6) is 0 Å². The number of thiophene rings is 1. The van der Waals surface area contributed by atoms with Gasteiger partial charge in [-0.05, 0) is 35.6 Å². The van der Waals surface area contributed by atoms with E-state index in [1.807, 2.05) is 0 Å². The minimum atomic E-state index is 0.579. The third-order valence-electron chi connectivity index (χ3n) is 2.80. The van der Waals surface area contributed by atoms with Crippen molar-refractivity contribution in [2.75, 3.05) is 11.9 Å². The Hall–Kier alpha value is -0.990. The lowest BCUT2D eigenvalue weighted by Gasteiger charge is -2.21. The van der Waals surface area contributed by atoms with E-state index in [1.54, 1.807) is 11.3 Å². The van der Waals surface area contributed by atoms with Gasteiger partial charge in [-0.15, -0.1) is 22.9 Å². The Morgan fingerprint density at radius 3 is 2.71 bits per heavy atom. The van der Waals surface area contributed by atoms with Gasteiger partial charge in [0.1, 0.15) is 0 Å². The molecule has 0 saturated heterocycles. The number of halogens is 1. The third kappa shape index (κ3) is 3.02. The van der Waals surface area contributed by atoms with Gasteiger partial charge in [0.2, 0.25) is 0 Å². The first kappa shape index (κ1) is 12.5. The maximum absolute atomic E-state index is 5.83. The van der Waals surface area contributed by atoms with E-state index in [1.165, 1.54) is 21.7 Å². The summed E-state index contributed by atoms with van der Waals surface area (Å²) >= 11 is 7.63. The first-order valence-electron chi connectivity index (χ1n) is 5.59. The van der Waals surface area contributed by atoms with Gasteiger partial charge >= 0.3 is 0 Å². The molecule has 0 aliphatic heterocycles. The van der Waals surface area contributed by atoms with Crippen LogP contribution < -0.4 is 4.90 Å². The summed E-state index contributed by atoms with van der Waals surface area (Å²) in [7, 11) is 2.13. The second-order valence-corrected chi connectivity index (χ2v) is 5.49. The van der Waals surface area contributed by atoms with Crippen LogP contribution in [0.3, 0.4) is 0 Å². The van der Waals surface area contributed by atoms with Crippen LogP contribution in [0.2, 0.25) is 0 Å². The first-order chi connectivity index (χ1) is 8.20. The van der Waals surface area contributed by atoms with Crippen molar-refractivity contribution in [3.63, 3.8) is 0 Å². The average Bonchev–Trinajstić information content (AvgIpc) is 2.81. The minimum Gasteiger partial charge on any atom is -0.369 e. The van der Waals surface area contributed by atoms with Crippen molar-refractivity contribution in [2.24, 2.45) is 0 Å². The van der Waals surface area contributed by atoms with E-state index in [0.29, 0.717) is 5.88 Å². The lowest BCUT2D eigenvalue weighted by Crippen LogP contribution is -2.16. The SMILES string of the molecule is Cc1cc(CCl)ccc1N(C)Cc1cccs1. The molecule has 90 valence electrons. The summed E-state index contributed by atoms with van der Waals surface area (Å²) in [4.78, 5) is 3.66. The Balaban J connectivity index is 2.16. The van der Waals surface area contributed by atoms with Gasteiger partial charge in [0.25, 0.3) is 0 Å². The normalized spacial score (nSPS) is 10.5. The number of anilines is 1. The van der Waals surface area contributed by atoms with Gasteiger partial charge in [0.15, 0.2) is 0 Å². The highest BCUT2D eigenvalue weighted by Crippen LogP contribution is 2.23. The van der Waals surface area contributed by atoms with Gasteiger partial charge in [-0.25, -0.2) is 0 Å². The number of hydrogen-bond acceptors (Lipinski definition) is 2. The topological polar surface area (TPSA) is 3.24 Å². The zero-order valence-electron chi connectivity index (χ0n) is 10.1. The van der Waals surface area contributed by atoms with Gasteiger partial charge in [-0.1, -0.05) is 18.2 Å². The summed E-state index contributed by atoms with van der Waals surface area (Å²) in [5.74, 6) is 0.579. The fourth-order valence-corrected chi connectivity index (χ4v) is 2.87. The molecule has 2 rings (SSSR count). The van der Waals surface area contributed by atoms with Crippen LogP contribution in [0.1, 0.15) is 16.0 Å². The highest BCUT2D eigenvalue weighted by molar-refractivity contribution is 7.09. The van der Waals surface area contributed by atoms with Crippen molar-refractivity contribution in [2.45, 2.75) is 19.3 Å². The molecule has 0 aliphatic carbocycles. The lowest BCUT2D eigenvalue weighted by atomic mass is 10.1. The third-order valence-corrected chi connectivity index (χ3v) is 3.97. The van der Waals surface area contributed by atoms with E-state index in [9.17, 15) is 0 Å². The molecule has 1 aromatic heterocycles. The van der Waals surface area contributed by atoms with Crippen molar-refractivity contribution in [3.05, 3.63) is 51.7 Å². The maximum Gasteiger partial charge on any atom is 0.0519 e. The molecule has 1 aromatic carbocycles. The zero-order valence-corrected chi connectivity index (χ0v) is 11.7. The highest BCUT2D eigenvalue weighted by Gasteiger charge is 2.06. The van der Waals surface area contributed by atoms with Crippen molar-refractivity contribution in [1.82, 2.24) is 0 Å². The number of aryl methyl sites for hydroxylation is 1. The van der Waals surface area contributed by atoms with Crippen molar-refractivity contribution in [1.29, 1.82) is 0 Å². The van der Waals surface area contributed by atoms with E-state index in [-0.39, 0.29) is 0 Å². The van der Waals surface area contributed by atoms with E-state index in [2.05, 4.69) is 54.6 Å². The van der Waals surface area contributed by atoms with Gasteiger partial charge < -0.3 is 4.90 Å². The summed E-state index contributed by atoms with van der Waals surface area (Å²) < 4.78 is 0. The smallest absolute Gasteiger partial charge is 0.0519 e. The van der Waals surface area contributed by atoms with Crippen LogP contribution in [0, 0.1) is 6.92 Å². The Morgan fingerprint density at radius 2 is 2.12 bits per heavy atom. The fourth-order valence-electron chi connectivity index (χ4n) is 1.95. The minimum absolute atomic E-state index is 0.579. The summed E-state index contributed by atoms with van der Waals surface area (Å²) in [5, 5.41) is 2.12. The molecule has 1 heterocycles. The molecule has 0 unspecified atom stereocenters. The predicted octanol–water partition coefficient (Wildman–Crippen LogP) is 4.43. The Morgan fingerprint density at radius 1 is 1.29 bits per heavy atom. The molecule has 0 amide bonds. The number of benzene rings is 1. The molecule has 0 aliphatic rings. The molecular weight excluding hydrogens is 250 g/mol. The van der Waals surface area contributed by atoms with Crippen LogP contribution in [0.4, 0.5) is 5.69 Å².